The molecule has 5 heteroatoms. The van der Waals surface area contributed by atoms with E-state index in [-0.39, 0.29) is 12.0 Å². The van der Waals surface area contributed by atoms with E-state index in [9.17, 15) is 0 Å². The third kappa shape index (κ3) is 5.46. The Morgan fingerprint density at radius 2 is 0.905 bits per heavy atom. The van der Waals surface area contributed by atoms with Crippen molar-refractivity contribution in [1.29, 1.82) is 0 Å². The minimum Gasteiger partial charge on any atom is -0.484 e. The molecule has 4 aliphatic rings. The Morgan fingerprint density at radius 3 is 1.60 bits per heavy atom. The largest absolute Gasteiger partial charge is 0.484 e. The lowest BCUT2D eigenvalue weighted by Gasteiger charge is -2.39. The van der Waals surface area contributed by atoms with E-state index in [1.54, 1.807) is 0 Å². The molecule has 2 aliphatic carbocycles. The van der Waals surface area contributed by atoms with Crippen LogP contribution in [0.5, 0.6) is 17.2 Å². The summed E-state index contributed by atoms with van der Waals surface area (Å²) >= 11 is 0. The molecule has 3 heterocycles. The molecule has 2 atom stereocenters. The number of ether oxygens (including phenoxy) is 2. The zero-order valence-electron chi connectivity index (χ0n) is 34.0. The molecule has 63 heavy (non-hydrogen) atoms. The Morgan fingerprint density at radius 1 is 0.381 bits per heavy atom. The van der Waals surface area contributed by atoms with Crippen LogP contribution in [0.4, 0.5) is 0 Å². The number of benzene rings is 8. The number of rotatable bonds is 5. The van der Waals surface area contributed by atoms with Crippen LogP contribution in [-0.2, 0) is 5.41 Å². The molecule has 13 rings (SSSR count). The summed E-state index contributed by atoms with van der Waals surface area (Å²) in [6, 6.07) is 66.4. The monoisotopic (exact) mass is 807 g/mol. The van der Waals surface area contributed by atoms with Crippen LogP contribution in [0, 0.1) is 0 Å². The highest BCUT2D eigenvalue weighted by atomic mass is 16.5. The first kappa shape index (κ1) is 35.6. The summed E-state index contributed by atoms with van der Waals surface area (Å²) in [6.45, 7) is 0. The van der Waals surface area contributed by atoms with Crippen LogP contribution in [0.15, 0.2) is 212 Å². The number of hydrogen-bond donors (Lipinski definition) is 0. The van der Waals surface area contributed by atoms with Gasteiger partial charge in [0.15, 0.2) is 17.5 Å². The van der Waals surface area contributed by atoms with Gasteiger partial charge in [0, 0.05) is 44.9 Å². The van der Waals surface area contributed by atoms with Crippen LogP contribution in [0.3, 0.4) is 0 Å². The molecule has 0 fully saturated rings. The molecule has 8 aromatic carbocycles. The van der Waals surface area contributed by atoms with Crippen molar-refractivity contribution in [3.8, 4) is 84.8 Å². The van der Waals surface area contributed by atoms with E-state index in [1.807, 2.05) is 30.3 Å². The SMILES string of the molecule is C1=CC2Oc3c(-c4ccc(-c5nc(-c6ccccc6)nc(-c6ccc(-c7ccc8c(c7)C7(c9ccccc9O8)c8ccccc8-c8ccccc87)cc6)n5)cc4)cccc3C2C=C1. The molecule has 0 saturated carbocycles. The van der Waals surface area contributed by atoms with Gasteiger partial charge in [0.2, 0.25) is 0 Å². The molecule has 0 radical (unpaired) electrons. The second-order valence-corrected chi connectivity index (χ2v) is 16.6. The standard InChI is InChI=1S/C58H37N3O2/c1-2-13-38(14-3-1)55-59-56(61-57(60-55)40-31-27-37(28-32-40)42-18-12-19-46-45-17-6-10-23-51(45)63-54(42)46)39-29-25-36(26-30-39)41-33-34-53-50(35-41)58(49-22-9-11-24-52(49)62-53)47-20-7-4-15-43(47)44-16-5-8-21-48(44)58/h1-35,45,51H. The van der Waals surface area contributed by atoms with Crippen LogP contribution in [0.2, 0.25) is 0 Å². The predicted octanol–water partition coefficient (Wildman–Crippen LogP) is 13.6. The van der Waals surface area contributed by atoms with Gasteiger partial charge in [0.05, 0.1) is 5.41 Å². The Hall–Kier alpha value is -8.15. The van der Waals surface area contributed by atoms with Gasteiger partial charge in [0.1, 0.15) is 23.4 Å². The highest BCUT2D eigenvalue weighted by Crippen LogP contribution is 2.62. The maximum absolute atomic E-state index is 6.69. The molecule has 9 aromatic rings. The van der Waals surface area contributed by atoms with Gasteiger partial charge in [0.25, 0.3) is 0 Å². The fourth-order valence-electron chi connectivity index (χ4n) is 10.3. The van der Waals surface area contributed by atoms with Crippen molar-refractivity contribution in [3.05, 3.63) is 240 Å². The number of allylic oxidation sites excluding steroid dienone is 2. The van der Waals surface area contributed by atoms with Crippen LogP contribution in [0.1, 0.15) is 33.7 Å². The van der Waals surface area contributed by atoms with Gasteiger partial charge < -0.3 is 9.47 Å². The van der Waals surface area contributed by atoms with Gasteiger partial charge in [-0.2, -0.15) is 0 Å². The number of aromatic nitrogens is 3. The molecule has 1 aromatic heterocycles. The van der Waals surface area contributed by atoms with E-state index in [0.29, 0.717) is 17.5 Å². The van der Waals surface area contributed by atoms with Crippen molar-refractivity contribution < 1.29 is 9.47 Å². The fraction of sp³-hybridized carbons (Fsp3) is 0.0517. The molecule has 0 amide bonds. The maximum Gasteiger partial charge on any atom is 0.164 e. The number of fused-ring (bicyclic) bond motifs is 12. The zero-order chi connectivity index (χ0) is 41.5. The van der Waals surface area contributed by atoms with Gasteiger partial charge in [-0.25, -0.2) is 15.0 Å². The quantitative estimate of drug-likeness (QED) is 0.173. The molecule has 0 N–H and O–H groups in total. The number of para-hydroxylation sites is 2. The molecule has 0 bridgehead atoms. The van der Waals surface area contributed by atoms with E-state index in [2.05, 4.69) is 182 Å². The van der Waals surface area contributed by atoms with Crippen molar-refractivity contribution >= 4 is 0 Å². The second kappa shape index (κ2) is 13.9. The third-order valence-corrected chi connectivity index (χ3v) is 13.2. The zero-order valence-corrected chi connectivity index (χ0v) is 34.0. The van der Waals surface area contributed by atoms with Crippen LogP contribution in [-0.4, -0.2) is 21.1 Å². The van der Waals surface area contributed by atoms with E-state index in [0.717, 1.165) is 67.3 Å². The first-order chi connectivity index (χ1) is 31.2. The van der Waals surface area contributed by atoms with Gasteiger partial charge >= 0.3 is 0 Å². The van der Waals surface area contributed by atoms with Crippen molar-refractivity contribution in [3.63, 3.8) is 0 Å². The molecule has 1 spiro atoms. The molecule has 0 saturated heterocycles. The second-order valence-electron chi connectivity index (χ2n) is 16.6. The predicted molar refractivity (Wildman–Crippen MR) is 250 cm³/mol. The lowest BCUT2D eigenvalue weighted by Crippen LogP contribution is -2.32. The Labute approximate surface area is 365 Å². The number of nitrogens with zero attached hydrogens (tertiary/aromatic N) is 3. The first-order valence-electron chi connectivity index (χ1n) is 21.5. The maximum atomic E-state index is 6.69. The summed E-state index contributed by atoms with van der Waals surface area (Å²) in [7, 11) is 0. The Kier molecular flexibility index (Phi) is 7.88. The Bertz CT molecular complexity index is 3310. The van der Waals surface area contributed by atoms with Crippen LogP contribution >= 0.6 is 0 Å². The summed E-state index contributed by atoms with van der Waals surface area (Å²) in [5.74, 6) is 4.80. The molecule has 296 valence electrons. The molecule has 2 aliphatic heterocycles. The molecule has 2 unspecified atom stereocenters. The smallest absolute Gasteiger partial charge is 0.164 e. The van der Waals surface area contributed by atoms with Crippen molar-refractivity contribution in [1.82, 2.24) is 15.0 Å². The lowest BCUT2D eigenvalue weighted by molar-refractivity contribution is 0.270. The average molecular weight is 808 g/mol. The molecular formula is C58H37N3O2. The summed E-state index contributed by atoms with van der Waals surface area (Å²) in [6.07, 6.45) is 8.57. The van der Waals surface area contributed by atoms with Crippen LogP contribution in [0.25, 0.3) is 67.5 Å². The van der Waals surface area contributed by atoms with E-state index >= 15 is 0 Å². The third-order valence-electron chi connectivity index (χ3n) is 13.2. The van der Waals surface area contributed by atoms with Gasteiger partial charge in [-0.05, 0) is 63.2 Å². The number of hydrogen-bond acceptors (Lipinski definition) is 5. The van der Waals surface area contributed by atoms with E-state index < -0.39 is 5.41 Å². The summed E-state index contributed by atoms with van der Waals surface area (Å²) < 4.78 is 13.2. The molecule has 5 nitrogen and oxygen atoms in total. The van der Waals surface area contributed by atoms with Crippen LogP contribution < -0.4 is 9.47 Å². The highest BCUT2D eigenvalue weighted by Gasteiger charge is 2.51. The summed E-state index contributed by atoms with van der Waals surface area (Å²) in [4.78, 5) is 15.2. The van der Waals surface area contributed by atoms with Gasteiger partial charge in [-0.3, -0.25) is 0 Å². The lowest BCUT2D eigenvalue weighted by atomic mass is 9.66. The fourth-order valence-corrected chi connectivity index (χ4v) is 10.3. The topological polar surface area (TPSA) is 57.1 Å². The van der Waals surface area contributed by atoms with E-state index in [4.69, 9.17) is 24.4 Å². The van der Waals surface area contributed by atoms with Gasteiger partial charge in [-0.15, -0.1) is 0 Å². The van der Waals surface area contributed by atoms with Crippen molar-refractivity contribution in [2.75, 3.05) is 0 Å². The van der Waals surface area contributed by atoms with Gasteiger partial charge in [-0.1, -0.05) is 188 Å². The first-order valence-corrected chi connectivity index (χ1v) is 21.5. The normalized spacial score (nSPS) is 16.5. The highest BCUT2D eigenvalue weighted by molar-refractivity contribution is 5.89. The minimum absolute atomic E-state index is 0.0330. The van der Waals surface area contributed by atoms with Crippen molar-refractivity contribution in [2.45, 2.75) is 17.4 Å². The minimum atomic E-state index is -0.525. The van der Waals surface area contributed by atoms with E-state index in [1.165, 1.54) is 27.8 Å². The average Bonchev–Trinajstić information content (AvgIpc) is 3.89. The summed E-state index contributed by atoms with van der Waals surface area (Å²) in [5.41, 5.74) is 15.2. The van der Waals surface area contributed by atoms with Crippen molar-refractivity contribution in [2.24, 2.45) is 0 Å². The Balaban J connectivity index is 0.878. The summed E-state index contributed by atoms with van der Waals surface area (Å²) in [5, 5.41) is 0. The molecular weight excluding hydrogens is 771 g/mol.